The Morgan fingerprint density at radius 1 is 1.24 bits per heavy atom. The SMILES string of the molecule is C[C@H](OC(=O)[C@@H](Br)c1ccc(Cl)cc1)C(=O)N1CCCC1. The van der Waals surface area contributed by atoms with Crippen LogP contribution in [0.4, 0.5) is 0 Å². The molecular weight excluding hydrogens is 358 g/mol. The standard InChI is InChI=1S/C15H17BrClNO3/c1-10(14(19)18-8-2-3-9-18)21-15(20)13(16)11-4-6-12(17)7-5-11/h4-7,10,13H,2-3,8-9H2,1H3/t10-,13-/m0/s1. The first-order valence-electron chi connectivity index (χ1n) is 6.88. The fourth-order valence-electron chi connectivity index (χ4n) is 2.25. The van der Waals surface area contributed by atoms with Gasteiger partial charge in [-0.05, 0) is 37.5 Å². The van der Waals surface area contributed by atoms with Crippen molar-refractivity contribution in [1.82, 2.24) is 4.90 Å². The number of esters is 1. The Kier molecular flexibility index (Phi) is 5.65. The molecule has 1 saturated heterocycles. The van der Waals surface area contributed by atoms with Crippen LogP contribution >= 0.6 is 27.5 Å². The molecule has 114 valence electrons. The molecule has 0 bridgehead atoms. The second-order valence-electron chi connectivity index (χ2n) is 5.03. The summed E-state index contributed by atoms with van der Waals surface area (Å²) in [6.07, 6.45) is 1.26. The van der Waals surface area contributed by atoms with Crippen LogP contribution in [0.2, 0.25) is 5.02 Å². The zero-order chi connectivity index (χ0) is 15.4. The van der Waals surface area contributed by atoms with Crippen molar-refractivity contribution < 1.29 is 14.3 Å². The molecule has 1 aromatic carbocycles. The van der Waals surface area contributed by atoms with Crippen molar-refractivity contribution in [3.05, 3.63) is 34.9 Å². The Morgan fingerprint density at radius 3 is 2.38 bits per heavy atom. The summed E-state index contributed by atoms with van der Waals surface area (Å²) in [5.74, 6) is -0.603. The number of benzene rings is 1. The molecule has 1 fully saturated rings. The van der Waals surface area contributed by atoms with Gasteiger partial charge in [0.25, 0.3) is 5.91 Å². The summed E-state index contributed by atoms with van der Waals surface area (Å²) in [5, 5.41) is 0.601. The van der Waals surface area contributed by atoms with Gasteiger partial charge >= 0.3 is 5.97 Å². The van der Waals surface area contributed by atoms with Crippen LogP contribution in [0.25, 0.3) is 0 Å². The Bertz CT molecular complexity index is 514. The van der Waals surface area contributed by atoms with Crippen molar-refractivity contribution in [1.29, 1.82) is 0 Å². The van der Waals surface area contributed by atoms with Crippen molar-refractivity contribution in [3.8, 4) is 0 Å². The molecule has 4 nitrogen and oxygen atoms in total. The van der Waals surface area contributed by atoms with E-state index in [9.17, 15) is 9.59 Å². The van der Waals surface area contributed by atoms with Crippen LogP contribution in [0.1, 0.15) is 30.2 Å². The van der Waals surface area contributed by atoms with Crippen LogP contribution in [0.5, 0.6) is 0 Å². The lowest BCUT2D eigenvalue weighted by atomic mass is 10.1. The van der Waals surface area contributed by atoms with E-state index in [0.29, 0.717) is 5.02 Å². The average molecular weight is 375 g/mol. The van der Waals surface area contributed by atoms with Gasteiger partial charge in [-0.15, -0.1) is 0 Å². The number of carbonyl (C=O) groups is 2. The molecular formula is C15H17BrClNO3. The van der Waals surface area contributed by atoms with Gasteiger partial charge in [-0.2, -0.15) is 0 Å². The molecule has 0 radical (unpaired) electrons. The third kappa shape index (κ3) is 4.20. The molecule has 1 aliphatic rings. The van der Waals surface area contributed by atoms with Gasteiger partial charge in [-0.25, -0.2) is 0 Å². The average Bonchev–Trinajstić information content (AvgIpc) is 3.00. The second-order valence-corrected chi connectivity index (χ2v) is 6.38. The summed E-state index contributed by atoms with van der Waals surface area (Å²) in [7, 11) is 0. The second kappa shape index (κ2) is 7.27. The number of amides is 1. The summed E-state index contributed by atoms with van der Waals surface area (Å²) >= 11 is 9.11. The molecule has 0 aromatic heterocycles. The number of alkyl halides is 1. The molecule has 0 aliphatic carbocycles. The van der Waals surface area contributed by atoms with E-state index >= 15 is 0 Å². The molecule has 21 heavy (non-hydrogen) atoms. The monoisotopic (exact) mass is 373 g/mol. The minimum absolute atomic E-state index is 0.128. The summed E-state index contributed by atoms with van der Waals surface area (Å²) in [5.41, 5.74) is 0.741. The summed E-state index contributed by atoms with van der Waals surface area (Å²) in [6, 6.07) is 6.90. The number of rotatable bonds is 4. The number of nitrogens with zero attached hydrogens (tertiary/aromatic N) is 1. The van der Waals surface area contributed by atoms with Gasteiger partial charge in [0.2, 0.25) is 0 Å². The van der Waals surface area contributed by atoms with Gasteiger partial charge in [0.05, 0.1) is 0 Å². The van der Waals surface area contributed by atoms with Crippen molar-refractivity contribution in [2.24, 2.45) is 0 Å². The van der Waals surface area contributed by atoms with Crippen LogP contribution in [0.3, 0.4) is 0 Å². The first kappa shape index (κ1) is 16.3. The number of halogens is 2. The van der Waals surface area contributed by atoms with E-state index in [0.717, 1.165) is 31.5 Å². The molecule has 6 heteroatoms. The molecule has 1 aromatic rings. The van der Waals surface area contributed by atoms with Crippen LogP contribution in [0.15, 0.2) is 24.3 Å². The zero-order valence-electron chi connectivity index (χ0n) is 11.7. The van der Waals surface area contributed by atoms with Crippen molar-refractivity contribution in [3.63, 3.8) is 0 Å². The molecule has 0 spiro atoms. The summed E-state index contributed by atoms with van der Waals surface area (Å²) in [6.45, 7) is 3.10. The number of ether oxygens (including phenoxy) is 1. The van der Waals surface area contributed by atoms with Gasteiger partial charge < -0.3 is 9.64 Å². The highest BCUT2D eigenvalue weighted by molar-refractivity contribution is 9.09. The van der Waals surface area contributed by atoms with Crippen LogP contribution < -0.4 is 0 Å². The molecule has 1 aliphatic heterocycles. The maximum atomic E-state index is 12.1. The van der Waals surface area contributed by atoms with Crippen LogP contribution in [-0.4, -0.2) is 36.0 Å². The zero-order valence-corrected chi connectivity index (χ0v) is 14.1. The van der Waals surface area contributed by atoms with Gasteiger partial charge in [-0.1, -0.05) is 39.7 Å². The van der Waals surface area contributed by atoms with Crippen molar-refractivity contribution in [2.75, 3.05) is 13.1 Å². The van der Waals surface area contributed by atoms with E-state index in [-0.39, 0.29) is 5.91 Å². The normalized spacial score (nSPS) is 17.4. The highest BCUT2D eigenvalue weighted by Crippen LogP contribution is 2.26. The quantitative estimate of drug-likeness (QED) is 0.600. The van der Waals surface area contributed by atoms with E-state index in [2.05, 4.69) is 15.9 Å². The Morgan fingerprint density at radius 2 is 1.81 bits per heavy atom. The fourth-order valence-corrected chi connectivity index (χ4v) is 2.79. The Hall–Kier alpha value is -1.07. The van der Waals surface area contributed by atoms with E-state index < -0.39 is 16.9 Å². The van der Waals surface area contributed by atoms with Gasteiger partial charge in [-0.3, -0.25) is 9.59 Å². The summed E-state index contributed by atoms with van der Waals surface area (Å²) in [4.78, 5) is 25.3. The highest BCUT2D eigenvalue weighted by Gasteiger charge is 2.28. The Balaban J connectivity index is 1.93. The largest absolute Gasteiger partial charge is 0.451 e. The number of likely N-dealkylation sites (tertiary alicyclic amines) is 1. The van der Waals surface area contributed by atoms with E-state index in [4.69, 9.17) is 16.3 Å². The number of carbonyl (C=O) groups excluding carboxylic acids is 2. The third-order valence-electron chi connectivity index (χ3n) is 3.43. The van der Waals surface area contributed by atoms with E-state index in [1.54, 1.807) is 36.1 Å². The molecule has 1 heterocycles. The lowest BCUT2D eigenvalue weighted by Crippen LogP contribution is -2.38. The molecule has 2 atom stereocenters. The lowest BCUT2D eigenvalue weighted by Gasteiger charge is -2.21. The maximum absolute atomic E-state index is 12.1. The minimum atomic E-state index is -0.761. The minimum Gasteiger partial charge on any atom is -0.451 e. The predicted octanol–water partition coefficient (Wildman–Crippen LogP) is 3.33. The van der Waals surface area contributed by atoms with Crippen LogP contribution in [0, 0.1) is 0 Å². The lowest BCUT2D eigenvalue weighted by molar-refractivity contribution is -0.158. The Labute approximate surface area is 137 Å². The maximum Gasteiger partial charge on any atom is 0.325 e. The van der Waals surface area contributed by atoms with Gasteiger partial charge in [0, 0.05) is 18.1 Å². The van der Waals surface area contributed by atoms with Gasteiger partial charge in [0.1, 0.15) is 4.83 Å². The van der Waals surface area contributed by atoms with E-state index in [1.165, 1.54) is 0 Å². The number of hydrogen-bond donors (Lipinski definition) is 0. The van der Waals surface area contributed by atoms with Crippen LogP contribution in [-0.2, 0) is 14.3 Å². The third-order valence-corrected chi connectivity index (χ3v) is 4.58. The van der Waals surface area contributed by atoms with Crippen molar-refractivity contribution in [2.45, 2.75) is 30.7 Å². The molecule has 1 amide bonds. The predicted molar refractivity (Wildman–Crippen MR) is 84.5 cm³/mol. The topological polar surface area (TPSA) is 46.6 Å². The first-order valence-corrected chi connectivity index (χ1v) is 8.17. The first-order chi connectivity index (χ1) is 9.99. The molecule has 2 rings (SSSR count). The van der Waals surface area contributed by atoms with Gasteiger partial charge in [0.15, 0.2) is 6.10 Å². The van der Waals surface area contributed by atoms with Crippen molar-refractivity contribution >= 4 is 39.4 Å². The molecule has 0 N–H and O–H groups in total. The van der Waals surface area contributed by atoms with E-state index in [1.807, 2.05) is 0 Å². The smallest absolute Gasteiger partial charge is 0.325 e. The fraction of sp³-hybridized carbons (Fsp3) is 0.467. The molecule has 0 unspecified atom stereocenters. The number of hydrogen-bond acceptors (Lipinski definition) is 3. The highest BCUT2D eigenvalue weighted by atomic mass is 79.9. The molecule has 0 saturated carbocycles. The summed E-state index contributed by atoms with van der Waals surface area (Å²) < 4.78 is 5.26.